The number of para-hydroxylation sites is 1. The molecule has 4 rings (SSSR count). The van der Waals surface area contributed by atoms with Gasteiger partial charge in [0, 0.05) is 32.7 Å². The van der Waals surface area contributed by atoms with Gasteiger partial charge in [-0.3, -0.25) is 14.4 Å². The van der Waals surface area contributed by atoms with Crippen LogP contribution in [0.5, 0.6) is 0 Å². The lowest BCUT2D eigenvalue weighted by Crippen LogP contribution is -2.54. The Morgan fingerprint density at radius 2 is 1.76 bits per heavy atom. The molecule has 3 aliphatic rings. The third-order valence-electron chi connectivity index (χ3n) is 5.84. The van der Waals surface area contributed by atoms with Crippen LogP contribution >= 0.6 is 0 Å². The molecule has 0 saturated carbocycles. The summed E-state index contributed by atoms with van der Waals surface area (Å²) in [7, 11) is -3.28. The molecular formula is C19H24N4O5S. The van der Waals surface area contributed by atoms with Gasteiger partial charge in [-0.25, -0.2) is 8.42 Å². The summed E-state index contributed by atoms with van der Waals surface area (Å²) >= 11 is 0. The van der Waals surface area contributed by atoms with Crippen LogP contribution in [0.15, 0.2) is 24.3 Å². The van der Waals surface area contributed by atoms with Gasteiger partial charge >= 0.3 is 0 Å². The van der Waals surface area contributed by atoms with Gasteiger partial charge < -0.3 is 14.7 Å². The number of nitrogens with zero attached hydrogens (tertiary/aromatic N) is 4. The van der Waals surface area contributed by atoms with E-state index >= 15 is 0 Å². The fourth-order valence-electron chi connectivity index (χ4n) is 4.28. The van der Waals surface area contributed by atoms with Crippen LogP contribution in [0.25, 0.3) is 0 Å². The average molecular weight is 420 g/mol. The highest BCUT2D eigenvalue weighted by Gasteiger charge is 2.42. The quantitative estimate of drug-likeness (QED) is 0.671. The number of rotatable bonds is 3. The zero-order valence-electron chi connectivity index (χ0n) is 16.3. The van der Waals surface area contributed by atoms with Crippen molar-refractivity contribution in [2.24, 2.45) is 0 Å². The Labute approximate surface area is 169 Å². The average Bonchev–Trinajstić information content (AvgIpc) is 3.17. The number of carbonyl (C=O) groups is 3. The normalized spacial score (nSPS) is 23.1. The number of carbonyl (C=O) groups excluding carboxylic acids is 3. The number of fused-ring (bicyclic) bond motifs is 2. The van der Waals surface area contributed by atoms with E-state index in [9.17, 15) is 22.8 Å². The zero-order chi connectivity index (χ0) is 20.8. The maximum absolute atomic E-state index is 13.2. The molecular weight excluding hydrogens is 396 g/mol. The number of anilines is 1. The van der Waals surface area contributed by atoms with E-state index < -0.39 is 16.1 Å². The number of sulfonamides is 1. The summed E-state index contributed by atoms with van der Waals surface area (Å²) in [6.07, 6.45) is 2.51. The van der Waals surface area contributed by atoms with Gasteiger partial charge in [0.2, 0.25) is 21.8 Å². The summed E-state index contributed by atoms with van der Waals surface area (Å²) in [6, 6.07) is 6.35. The molecule has 0 spiro atoms. The van der Waals surface area contributed by atoms with E-state index in [1.807, 2.05) is 0 Å². The van der Waals surface area contributed by atoms with Crippen molar-refractivity contribution in [3.05, 3.63) is 29.8 Å². The molecule has 1 unspecified atom stereocenters. The molecule has 1 atom stereocenters. The van der Waals surface area contributed by atoms with Crippen molar-refractivity contribution in [2.75, 3.05) is 50.4 Å². The number of hydrogen-bond acceptors (Lipinski definition) is 5. The second-order valence-electron chi connectivity index (χ2n) is 7.64. The molecule has 1 aromatic rings. The van der Waals surface area contributed by atoms with Gasteiger partial charge in [0.1, 0.15) is 12.6 Å². The number of hydrogen-bond donors (Lipinski definition) is 0. The molecule has 3 aliphatic heterocycles. The van der Waals surface area contributed by atoms with Crippen molar-refractivity contribution in [3.63, 3.8) is 0 Å². The summed E-state index contributed by atoms with van der Waals surface area (Å²) in [5.74, 6) is -0.655. The lowest BCUT2D eigenvalue weighted by molar-refractivity contribution is -0.133. The zero-order valence-corrected chi connectivity index (χ0v) is 17.1. The second kappa shape index (κ2) is 7.42. The van der Waals surface area contributed by atoms with E-state index in [0.29, 0.717) is 24.2 Å². The van der Waals surface area contributed by atoms with Gasteiger partial charge in [-0.2, -0.15) is 4.31 Å². The Morgan fingerprint density at radius 1 is 1.07 bits per heavy atom. The Balaban J connectivity index is 1.56. The first-order valence-corrected chi connectivity index (χ1v) is 11.6. The standard InChI is InChI=1S/C19H24N4O5S/c1-29(27,28)21-11-9-20(10-12-21)17(24)13-23-15-6-3-2-5-14(15)18(25)22-8-4-7-16(22)19(23)26/h2-3,5-6,16H,4,7-13H2,1H3. The summed E-state index contributed by atoms with van der Waals surface area (Å²) in [6.45, 7) is 1.42. The molecule has 0 aromatic heterocycles. The van der Waals surface area contributed by atoms with Crippen LogP contribution in [0.1, 0.15) is 23.2 Å². The summed E-state index contributed by atoms with van der Waals surface area (Å²) < 4.78 is 24.7. The summed E-state index contributed by atoms with van der Waals surface area (Å²) in [4.78, 5) is 43.7. The van der Waals surface area contributed by atoms with Gasteiger partial charge in [-0.1, -0.05) is 12.1 Å². The van der Waals surface area contributed by atoms with Crippen LogP contribution in [0.2, 0.25) is 0 Å². The Bertz CT molecular complexity index is 955. The molecule has 0 bridgehead atoms. The minimum absolute atomic E-state index is 0.160. The predicted octanol–water partition coefficient (Wildman–Crippen LogP) is -0.258. The highest BCUT2D eigenvalue weighted by atomic mass is 32.2. The highest BCUT2D eigenvalue weighted by Crippen LogP contribution is 2.32. The second-order valence-corrected chi connectivity index (χ2v) is 9.62. The van der Waals surface area contributed by atoms with Gasteiger partial charge in [0.05, 0.1) is 17.5 Å². The van der Waals surface area contributed by atoms with E-state index in [1.165, 1.54) is 9.21 Å². The van der Waals surface area contributed by atoms with Crippen molar-refractivity contribution in [1.82, 2.24) is 14.1 Å². The number of piperazine rings is 1. The predicted molar refractivity (Wildman–Crippen MR) is 106 cm³/mol. The van der Waals surface area contributed by atoms with Crippen LogP contribution in [0.4, 0.5) is 5.69 Å². The first-order valence-electron chi connectivity index (χ1n) is 9.71. The molecule has 9 nitrogen and oxygen atoms in total. The molecule has 3 amide bonds. The maximum Gasteiger partial charge on any atom is 0.256 e. The fraction of sp³-hybridized carbons (Fsp3) is 0.526. The van der Waals surface area contributed by atoms with E-state index in [4.69, 9.17) is 0 Å². The third kappa shape index (κ3) is 3.62. The molecule has 0 radical (unpaired) electrons. The molecule has 0 N–H and O–H groups in total. The molecule has 0 aliphatic carbocycles. The van der Waals surface area contributed by atoms with Crippen molar-refractivity contribution >= 4 is 33.4 Å². The van der Waals surface area contributed by atoms with Crippen molar-refractivity contribution in [3.8, 4) is 0 Å². The third-order valence-corrected chi connectivity index (χ3v) is 7.15. The molecule has 10 heteroatoms. The van der Waals surface area contributed by atoms with Gasteiger partial charge in [-0.15, -0.1) is 0 Å². The lowest BCUT2D eigenvalue weighted by Gasteiger charge is -2.35. The molecule has 3 heterocycles. The van der Waals surface area contributed by atoms with E-state index in [-0.39, 0.29) is 50.4 Å². The fourth-order valence-corrected chi connectivity index (χ4v) is 5.10. The van der Waals surface area contributed by atoms with Crippen molar-refractivity contribution < 1.29 is 22.8 Å². The van der Waals surface area contributed by atoms with Gasteiger partial charge in [0.15, 0.2) is 0 Å². The van der Waals surface area contributed by atoms with Crippen LogP contribution in [0.3, 0.4) is 0 Å². The first-order chi connectivity index (χ1) is 13.8. The molecule has 2 fully saturated rings. The highest BCUT2D eigenvalue weighted by molar-refractivity contribution is 7.88. The molecule has 29 heavy (non-hydrogen) atoms. The molecule has 156 valence electrons. The van der Waals surface area contributed by atoms with Gasteiger partial charge in [-0.05, 0) is 25.0 Å². The van der Waals surface area contributed by atoms with Crippen LogP contribution < -0.4 is 4.90 Å². The van der Waals surface area contributed by atoms with Crippen LogP contribution in [0, 0.1) is 0 Å². The minimum Gasteiger partial charge on any atom is -0.339 e. The van der Waals surface area contributed by atoms with E-state index in [1.54, 1.807) is 34.1 Å². The van der Waals surface area contributed by atoms with Crippen molar-refractivity contribution in [2.45, 2.75) is 18.9 Å². The molecule has 2 saturated heterocycles. The molecule has 1 aromatic carbocycles. The summed E-state index contributed by atoms with van der Waals surface area (Å²) in [5, 5.41) is 0. The summed E-state index contributed by atoms with van der Waals surface area (Å²) in [5.41, 5.74) is 0.889. The first kappa shape index (κ1) is 19.8. The maximum atomic E-state index is 13.2. The van der Waals surface area contributed by atoms with Crippen LogP contribution in [-0.4, -0.2) is 91.8 Å². The van der Waals surface area contributed by atoms with Crippen molar-refractivity contribution in [1.29, 1.82) is 0 Å². The SMILES string of the molecule is CS(=O)(=O)N1CCN(C(=O)CN2C(=O)C3CCCN3C(=O)c3ccccc32)CC1. The van der Waals surface area contributed by atoms with E-state index in [2.05, 4.69) is 0 Å². The lowest BCUT2D eigenvalue weighted by atomic mass is 10.1. The Morgan fingerprint density at radius 3 is 2.45 bits per heavy atom. The largest absolute Gasteiger partial charge is 0.339 e. The number of amides is 3. The Hall–Kier alpha value is -2.46. The minimum atomic E-state index is -3.28. The van der Waals surface area contributed by atoms with Crippen LogP contribution in [-0.2, 0) is 19.6 Å². The topological polar surface area (TPSA) is 98.3 Å². The number of benzene rings is 1. The monoisotopic (exact) mass is 420 g/mol. The Kier molecular flexibility index (Phi) is 5.07. The smallest absolute Gasteiger partial charge is 0.256 e. The van der Waals surface area contributed by atoms with Gasteiger partial charge in [0.25, 0.3) is 5.91 Å². The van der Waals surface area contributed by atoms with E-state index in [0.717, 1.165) is 12.7 Å².